The van der Waals surface area contributed by atoms with Gasteiger partial charge in [0.15, 0.2) is 0 Å². The maximum atomic E-state index is 10.6. The fourth-order valence-corrected chi connectivity index (χ4v) is 3.25. The van der Waals surface area contributed by atoms with Gasteiger partial charge in [-0.3, -0.25) is 14.4 Å². The van der Waals surface area contributed by atoms with Crippen molar-refractivity contribution in [1.29, 1.82) is 0 Å². The van der Waals surface area contributed by atoms with Crippen molar-refractivity contribution in [2.45, 2.75) is 46.7 Å². The Morgan fingerprint density at radius 3 is 2.03 bits per heavy atom. The first-order valence-corrected chi connectivity index (χ1v) is 10.5. The fraction of sp³-hybridized carbons (Fsp3) is 0.400. The predicted octanol–water partition coefficient (Wildman–Crippen LogP) is 3.27. The van der Waals surface area contributed by atoms with Crippen LogP contribution in [0.1, 0.15) is 43.0 Å². The smallest absolute Gasteiger partial charge is 0.318 e. The first kappa shape index (κ1) is 24.3. The van der Waals surface area contributed by atoms with Crippen molar-refractivity contribution >= 4 is 18.9 Å². The molecule has 6 nitrogen and oxygen atoms in total. The van der Waals surface area contributed by atoms with Gasteiger partial charge in [-0.15, -0.1) is 0 Å². The Bertz CT molecular complexity index is 849. The van der Waals surface area contributed by atoms with Crippen molar-refractivity contribution in [3.05, 3.63) is 70.8 Å². The minimum atomic E-state index is -0.582. The first-order chi connectivity index (χ1) is 14.8. The summed E-state index contributed by atoms with van der Waals surface area (Å²) in [6.45, 7) is 9.01. The first-order valence-electron chi connectivity index (χ1n) is 10.5. The Balaban J connectivity index is 0.000000168. The minimum absolute atomic E-state index is 0.146. The average Bonchev–Trinajstić information content (AvgIpc) is 2.79. The number of carbonyl (C=O) groups is 3. The third-order valence-electron chi connectivity index (χ3n) is 5.08. The van der Waals surface area contributed by atoms with Crippen molar-refractivity contribution in [2.75, 3.05) is 13.1 Å². The number of fused-ring (bicyclic) bond motifs is 2. The second-order valence-electron chi connectivity index (χ2n) is 8.54. The molecule has 166 valence electrons. The van der Waals surface area contributed by atoms with E-state index in [1.807, 2.05) is 11.0 Å². The number of esters is 1. The van der Waals surface area contributed by atoms with Crippen LogP contribution in [-0.2, 0) is 45.1 Å². The lowest BCUT2D eigenvalue weighted by molar-refractivity contribution is -0.158. The van der Waals surface area contributed by atoms with E-state index in [1.54, 1.807) is 20.8 Å². The molecule has 0 unspecified atom stereocenters. The van der Waals surface area contributed by atoms with Gasteiger partial charge < -0.3 is 15.0 Å². The molecule has 0 spiro atoms. The molecule has 2 aromatic carbocycles. The van der Waals surface area contributed by atoms with E-state index in [-0.39, 0.29) is 6.47 Å². The molecule has 31 heavy (non-hydrogen) atoms. The molecular weight excluding hydrogens is 392 g/mol. The Morgan fingerprint density at radius 2 is 1.52 bits per heavy atom. The Kier molecular flexibility index (Phi) is 9.40. The van der Waals surface area contributed by atoms with Crippen molar-refractivity contribution in [3.8, 4) is 0 Å². The molecule has 0 saturated carbocycles. The van der Waals surface area contributed by atoms with E-state index < -0.39 is 11.4 Å². The maximum Gasteiger partial charge on any atom is 0.318 e. The highest BCUT2D eigenvalue weighted by atomic mass is 16.6. The molecule has 2 heterocycles. The largest absolute Gasteiger partial charge is 0.395 e. The zero-order valence-electron chi connectivity index (χ0n) is 18.6. The highest BCUT2D eigenvalue weighted by molar-refractivity contribution is 5.80. The van der Waals surface area contributed by atoms with Gasteiger partial charge >= 0.3 is 12.4 Å². The average molecular weight is 425 g/mol. The van der Waals surface area contributed by atoms with E-state index in [4.69, 9.17) is 0 Å². The van der Waals surface area contributed by atoms with E-state index in [0.717, 1.165) is 39.0 Å². The summed E-state index contributed by atoms with van der Waals surface area (Å²) in [4.78, 5) is 32.5. The Hall–Kier alpha value is -2.99. The van der Waals surface area contributed by atoms with Gasteiger partial charge in [-0.1, -0.05) is 48.5 Å². The Morgan fingerprint density at radius 1 is 0.935 bits per heavy atom. The summed E-state index contributed by atoms with van der Waals surface area (Å²) in [6, 6.07) is 16.9. The van der Waals surface area contributed by atoms with E-state index in [1.165, 1.54) is 28.7 Å². The summed E-state index contributed by atoms with van der Waals surface area (Å²) in [6.07, 6.45) is 3.11. The third-order valence-corrected chi connectivity index (χ3v) is 5.08. The molecule has 1 N–H and O–H groups in total. The van der Waals surface area contributed by atoms with Gasteiger partial charge in [0.25, 0.3) is 0 Å². The van der Waals surface area contributed by atoms with Crippen LogP contribution >= 0.6 is 0 Å². The van der Waals surface area contributed by atoms with E-state index in [0.29, 0.717) is 0 Å². The molecule has 0 aromatic heterocycles. The van der Waals surface area contributed by atoms with Crippen LogP contribution in [0, 0.1) is 5.41 Å². The third kappa shape index (κ3) is 7.98. The molecule has 0 aliphatic carbocycles. The van der Waals surface area contributed by atoms with Crippen LogP contribution in [-0.4, -0.2) is 36.8 Å². The van der Waals surface area contributed by atoms with Crippen LogP contribution in [0.4, 0.5) is 0 Å². The summed E-state index contributed by atoms with van der Waals surface area (Å²) in [5, 5.41) is 3.34. The standard InChI is InChI=1S/C10H11NO.C9H11N.C6H10O3/c12-8-11-6-5-9-3-1-2-4-10(9)7-11;1-2-4-9-7-10-6-5-8(9)3-1;1-6(2,3)5(8)9-4-7/h1-4,8H,5-7H2;1-4,10H,5-7H2;4H,1-3H3. The zero-order valence-corrected chi connectivity index (χ0v) is 18.6. The van der Waals surface area contributed by atoms with Crippen molar-refractivity contribution < 1.29 is 19.1 Å². The summed E-state index contributed by atoms with van der Waals surface area (Å²) >= 11 is 0. The van der Waals surface area contributed by atoms with Gasteiger partial charge in [-0.2, -0.15) is 0 Å². The van der Waals surface area contributed by atoms with Gasteiger partial charge in [0, 0.05) is 19.6 Å². The van der Waals surface area contributed by atoms with Crippen LogP contribution in [0.15, 0.2) is 48.5 Å². The number of ether oxygens (including phenoxy) is 1. The van der Waals surface area contributed by atoms with Crippen molar-refractivity contribution in [2.24, 2.45) is 5.41 Å². The highest BCUT2D eigenvalue weighted by Crippen LogP contribution is 2.17. The molecule has 2 aliphatic rings. The van der Waals surface area contributed by atoms with Gasteiger partial charge in [0.1, 0.15) is 0 Å². The quantitative estimate of drug-likeness (QED) is 0.455. The van der Waals surface area contributed by atoms with Crippen LogP contribution in [0.25, 0.3) is 0 Å². The van der Waals surface area contributed by atoms with Crippen molar-refractivity contribution in [3.63, 3.8) is 0 Å². The topological polar surface area (TPSA) is 75.7 Å². The SMILES string of the molecule is CC(C)(C)C(=O)OC=O.O=CN1CCc2ccccc2C1.c1ccc2c(c1)CCNC2. The number of nitrogens with zero attached hydrogens (tertiary/aromatic N) is 1. The molecule has 0 fully saturated rings. The van der Waals surface area contributed by atoms with E-state index in [2.05, 4.69) is 52.5 Å². The maximum absolute atomic E-state index is 10.6. The summed E-state index contributed by atoms with van der Waals surface area (Å²) in [5.74, 6) is -0.502. The van der Waals surface area contributed by atoms with Crippen LogP contribution in [0.5, 0.6) is 0 Å². The second-order valence-corrected chi connectivity index (χ2v) is 8.54. The molecule has 2 aromatic rings. The molecule has 0 bridgehead atoms. The lowest BCUT2D eigenvalue weighted by atomic mass is 9.98. The highest BCUT2D eigenvalue weighted by Gasteiger charge is 2.22. The normalized spacial score (nSPS) is 14.4. The number of hydrogen-bond acceptors (Lipinski definition) is 5. The number of amides is 1. The van der Waals surface area contributed by atoms with Crippen LogP contribution < -0.4 is 5.32 Å². The number of rotatable bonds is 2. The molecule has 1 amide bonds. The summed E-state index contributed by atoms with van der Waals surface area (Å²) in [5.41, 5.74) is 5.07. The van der Waals surface area contributed by atoms with Crippen LogP contribution in [0.3, 0.4) is 0 Å². The second kappa shape index (κ2) is 12.0. The predicted molar refractivity (Wildman–Crippen MR) is 120 cm³/mol. The summed E-state index contributed by atoms with van der Waals surface area (Å²) < 4.78 is 4.09. The van der Waals surface area contributed by atoms with E-state index >= 15 is 0 Å². The van der Waals surface area contributed by atoms with Crippen molar-refractivity contribution in [1.82, 2.24) is 10.2 Å². The lowest BCUT2D eigenvalue weighted by Gasteiger charge is -2.24. The molecular formula is C25H32N2O4. The Labute approximate surface area is 184 Å². The molecule has 0 radical (unpaired) electrons. The van der Waals surface area contributed by atoms with Gasteiger partial charge in [-0.05, 0) is 62.4 Å². The summed E-state index contributed by atoms with van der Waals surface area (Å²) in [7, 11) is 0. The van der Waals surface area contributed by atoms with Gasteiger partial charge in [0.05, 0.1) is 5.41 Å². The monoisotopic (exact) mass is 424 g/mol. The van der Waals surface area contributed by atoms with Gasteiger partial charge in [-0.25, -0.2) is 0 Å². The molecule has 0 atom stereocenters. The number of carbonyl (C=O) groups excluding carboxylic acids is 3. The fourth-order valence-electron chi connectivity index (χ4n) is 3.25. The zero-order chi connectivity index (χ0) is 22.7. The van der Waals surface area contributed by atoms with Gasteiger partial charge in [0.2, 0.25) is 6.41 Å². The van der Waals surface area contributed by atoms with E-state index in [9.17, 15) is 14.4 Å². The number of benzene rings is 2. The molecule has 4 rings (SSSR count). The van der Waals surface area contributed by atoms with Crippen LogP contribution in [0.2, 0.25) is 0 Å². The number of nitrogens with one attached hydrogen (secondary N) is 1. The molecule has 0 saturated heterocycles. The lowest BCUT2D eigenvalue weighted by Crippen LogP contribution is -2.28. The molecule has 6 heteroatoms. The minimum Gasteiger partial charge on any atom is -0.395 e. The number of hydrogen-bond donors (Lipinski definition) is 1. The molecule has 2 aliphatic heterocycles.